The standard InChI is InChI=1S/C10H20O/c1-7(2)4-9-5-8(3)6-10(9)11/h7-11H,4-6H2,1-3H3. The van der Waals surface area contributed by atoms with Crippen LogP contribution in [0.15, 0.2) is 0 Å². The van der Waals surface area contributed by atoms with E-state index in [1.54, 1.807) is 0 Å². The van der Waals surface area contributed by atoms with Gasteiger partial charge in [-0.1, -0.05) is 20.8 Å². The van der Waals surface area contributed by atoms with E-state index in [9.17, 15) is 5.11 Å². The number of aliphatic hydroxyl groups excluding tert-OH is 1. The third-order valence-corrected chi connectivity index (χ3v) is 2.67. The second-order valence-corrected chi connectivity index (χ2v) is 4.53. The second-order valence-electron chi connectivity index (χ2n) is 4.53. The Labute approximate surface area is 69.8 Å². The zero-order chi connectivity index (χ0) is 8.43. The molecule has 1 rings (SSSR count). The summed E-state index contributed by atoms with van der Waals surface area (Å²) in [4.78, 5) is 0. The molecule has 1 fully saturated rings. The summed E-state index contributed by atoms with van der Waals surface area (Å²) in [5.74, 6) is 2.07. The highest BCUT2D eigenvalue weighted by Crippen LogP contribution is 2.34. The van der Waals surface area contributed by atoms with E-state index in [4.69, 9.17) is 0 Å². The first-order chi connectivity index (χ1) is 5.09. The molecule has 3 unspecified atom stereocenters. The minimum Gasteiger partial charge on any atom is -0.393 e. The van der Waals surface area contributed by atoms with Gasteiger partial charge in [0.15, 0.2) is 0 Å². The SMILES string of the molecule is CC(C)CC1CC(C)CC1O. The summed E-state index contributed by atoms with van der Waals surface area (Å²) in [7, 11) is 0. The largest absolute Gasteiger partial charge is 0.393 e. The Bertz CT molecular complexity index is 120. The molecule has 1 saturated carbocycles. The van der Waals surface area contributed by atoms with E-state index >= 15 is 0 Å². The zero-order valence-corrected chi connectivity index (χ0v) is 7.88. The Hall–Kier alpha value is -0.0400. The second kappa shape index (κ2) is 3.57. The summed E-state index contributed by atoms with van der Waals surface area (Å²) < 4.78 is 0. The van der Waals surface area contributed by atoms with Crippen molar-refractivity contribution in [3.8, 4) is 0 Å². The molecule has 0 bridgehead atoms. The lowest BCUT2D eigenvalue weighted by Crippen LogP contribution is -2.14. The molecule has 3 atom stereocenters. The monoisotopic (exact) mass is 156 g/mol. The fourth-order valence-corrected chi connectivity index (χ4v) is 2.23. The highest BCUT2D eigenvalue weighted by Gasteiger charge is 2.30. The molecule has 66 valence electrons. The third kappa shape index (κ3) is 2.48. The average Bonchev–Trinajstić information content (AvgIpc) is 2.09. The van der Waals surface area contributed by atoms with Gasteiger partial charge in [0.25, 0.3) is 0 Å². The van der Waals surface area contributed by atoms with Crippen LogP contribution in [-0.4, -0.2) is 11.2 Å². The maximum Gasteiger partial charge on any atom is 0.0571 e. The van der Waals surface area contributed by atoms with Gasteiger partial charge < -0.3 is 5.11 Å². The molecular formula is C10H20O. The summed E-state index contributed by atoms with van der Waals surface area (Å²) in [6.45, 7) is 6.70. The van der Waals surface area contributed by atoms with Crippen LogP contribution in [0, 0.1) is 17.8 Å². The van der Waals surface area contributed by atoms with Crippen LogP contribution in [0.3, 0.4) is 0 Å². The van der Waals surface area contributed by atoms with Crippen LogP contribution in [0.5, 0.6) is 0 Å². The lowest BCUT2D eigenvalue weighted by atomic mass is 9.94. The zero-order valence-electron chi connectivity index (χ0n) is 7.88. The van der Waals surface area contributed by atoms with Crippen LogP contribution in [0.4, 0.5) is 0 Å². The van der Waals surface area contributed by atoms with Gasteiger partial charge in [0.05, 0.1) is 6.10 Å². The van der Waals surface area contributed by atoms with E-state index in [2.05, 4.69) is 20.8 Å². The van der Waals surface area contributed by atoms with Crippen LogP contribution >= 0.6 is 0 Å². The minimum atomic E-state index is -0.00704. The van der Waals surface area contributed by atoms with Gasteiger partial charge in [-0.2, -0.15) is 0 Å². The van der Waals surface area contributed by atoms with Crippen LogP contribution in [0.25, 0.3) is 0 Å². The summed E-state index contributed by atoms with van der Waals surface area (Å²) in [6, 6.07) is 0. The first kappa shape index (κ1) is 9.05. The molecule has 0 aromatic carbocycles. The summed E-state index contributed by atoms with van der Waals surface area (Å²) >= 11 is 0. The molecule has 1 nitrogen and oxygen atoms in total. The molecule has 0 radical (unpaired) electrons. The number of rotatable bonds is 2. The molecule has 0 amide bonds. The molecule has 0 spiro atoms. The van der Waals surface area contributed by atoms with Crippen molar-refractivity contribution in [1.29, 1.82) is 0 Å². The average molecular weight is 156 g/mol. The third-order valence-electron chi connectivity index (χ3n) is 2.67. The van der Waals surface area contributed by atoms with Crippen molar-refractivity contribution in [3.05, 3.63) is 0 Å². The molecule has 11 heavy (non-hydrogen) atoms. The van der Waals surface area contributed by atoms with Gasteiger partial charge in [-0.3, -0.25) is 0 Å². The van der Waals surface area contributed by atoms with Crippen LogP contribution in [0.1, 0.15) is 40.0 Å². The molecule has 1 aliphatic rings. The van der Waals surface area contributed by atoms with Gasteiger partial charge >= 0.3 is 0 Å². The maximum atomic E-state index is 9.61. The fourth-order valence-electron chi connectivity index (χ4n) is 2.23. The molecule has 1 heteroatoms. The number of hydrogen-bond acceptors (Lipinski definition) is 1. The van der Waals surface area contributed by atoms with Gasteiger partial charge in [-0.05, 0) is 37.0 Å². The fraction of sp³-hybridized carbons (Fsp3) is 1.00. The summed E-state index contributed by atoms with van der Waals surface area (Å²) in [5, 5.41) is 9.61. The highest BCUT2D eigenvalue weighted by atomic mass is 16.3. The molecule has 0 heterocycles. The smallest absolute Gasteiger partial charge is 0.0571 e. The normalized spacial score (nSPS) is 38.5. The van der Waals surface area contributed by atoms with E-state index in [0.717, 1.165) is 18.3 Å². The Morgan fingerprint density at radius 3 is 2.36 bits per heavy atom. The lowest BCUT2D eigenvalue weighted by molar-refractivity contribution is 0.120. The summed E-state index contributed by atoms with van der Waals surface area (Å²) in [5.41, 5.74) is 0. The Morgan fingerprint density at radius 2 is 2.00 bits per heavy atom. The van der Waals surface area contributed by atoms with E-state index in [0.29, 0.717) is 5.92 Å². The maximum absolute atomic E-state index is 9.61. The van der Waals surface area contributed by atoms with Crippen molar-refractivity contribution >= 4 is 0 Å². The van der Waals surface area contributed by atoms with Crippen LogP contribution in [-0.2, 0) is 0 Å². The van der Waals surface area contributed by atoms with Crippen molar-refractivity contribution in [3.63, 3.8) is 0 Å². The van der Waals surface area contributed by atoms with Gasteiger partial charge in [0.1, 0.15) is 0 Å². The van der Waals surface area contributed by atoms with Gasteiger partial charge in [-0.25, -0.2) is 0 Å². The highest BCUT2D eigenvalue weighted by molar-refractivity contribution is 4.81. The topological polar surface area (TPSA) is 20.2 Å². The van der Waals surface area contributed by atoms with Crippen molar-refractivity contribution in [2.75, 3.05) is 0 Å². The Balaban J connectivity index is 2.34. The Kier molecular flexibility index (Phi) is 2.94. The lowest BCUT2D eigenvalue weighted by Gasteiger charge is -2.15. The predicted molar refractivity (Wildman–Crippen MR) is 47.3 cm³/mol. The minimum absolute atomic E-state index is 0.00704. The number of aliphatic hydroxyl groups is 1. The van der Waals surface area contributed by atoms with Crippen molar-refractivity contribution in [2.24, 2.45) is 17.8 Å². The van der Waals surface area contributed by atoms with Gasteiger partial charge in [0, 0.05) is 0 Å². The summed E-state index contributed by atoms with van der Waals surface area (Å²) in [6.07, 6.45) is 3.45. The van der Waals surface area contributed by atoms with Crippen molar-refractivity contribution < 1.29 is 5.11 Å². The van der Waals surface area contributed by atoms with E-state index in [1.807, 2.05) is 0 Å². The van der Waals surface area contributed by atoms with Crippen LogP contribution < -0.4 is 0 Å². The Morgan fingerprint density at radius 1 is 1.36 bits per heavy atom. The molecule has 1 N–H and O–H groups in total. The van der Waals surface area contributed by atoms with E-state index < -0.39 is 0 Å². The van der Waals surface area contributed by atoms with Crippen molar-refractivity contribution in [2.45, 2.75) is 46.1 Å². The van der Waals surface area contributed by atoms with Crippen molar-refractivity contribution in [1.82, 2.24) is 0 Å². The molecule has 0 aliphatic heterocycles. The molecule has 0 saturated heterocycles. The van der Waals surface area contributed by atoms with E-state index in [-0.39, 0.29) is 6.10 Å². The van der Waals surface area contributed by atoms with Gasteiger partial charge in [-0.15, -0.1) is 0 Å². The molecule has 1 aliphatic carbocycles. The quantitative estimate of drug-likeness (QED) is 0.651. The number of hydrogen-bond donors (Lipinski definition) is 1. The molecule has 0 aromatic rings. The predicted octanol–water partition coefficient (Wildman–Crippen LogP) is 2.44. The van der Waals surface area contributed by atoms with Crippen LogP contribution in [0.2, 0.25) is 0 Å². The molecule has 0 aromatic heterocycles. The first-order valence-electron chi connectivity index (χ1n) is 4.77. The molecular weight excluding hydrogens is 136 g/mol. The van der Waals surface area contributed by atoms with Gasteiger partial charge in [0.2, 0.25) is 0 Å². The first-order valence-corrected chi connectivity index (χ1v) is 4.77. The van der Waals surface area contributed by atoms with E-state index in [1.165, 1.54) is 12.8 Å².